The lowest BCUT2D eigenvalue weighted by Crippen LogP contribution is -1.99. The Morgan fingerprint density at radius 2 is 1.92 bits per heavy atom. The number of carboxylic acid groups (broad SMARTS) is 1. The highest BCUT2D eigenvalue weighted by molar-refractivity contribution is 5.76. The minimum Gasteiger partial charge on any atom is -0.481 e. The van der Waals surface area contributed by atoms with Gasteiger partial charge in [-0.15, -0.1) is 0 Å². The fraction of sp³-hybridized carbons (Fsp3) is 0.111. The minimum atomic E-state index is -0.877. The molecule has 0 amide bonds. The molecule has 1 aromatic carbocycles. The van der Waals surface area contributed by atoms with E-state index in [4.69, 9.17) is 5.11 Å². The largest absolute Gasteiger partial charge is 0.481 e. The van der Waals surface area contributed by atoms with Crippen molar-refractivity contribution in [2.24, 2.45) is 0 Å². The molecule has 0 aliphatic rings. The van der Waals surface area contributed by atoms with E-state index >= 15 is 0 Å². The first kappa shape index (κ1) is 8.46. The SMILES string of the molecule is O=[C]c1ccc(CC(=O)O)cc1. The van der Waals surface area contributed by atoms with Crippen LogP contribution >= 0.6 is 0 Å². The molecule has 61 valence electrons. The average molecular weight is 163 g/mol. The van der Waals surface area contributed by atoms with Crippen LogP contribution in [0.5, 0.6) is 0 Å². The normalized spacial score (nSPS) is 9.33. The Kier molecular flexibility index (Phi) is 2.58. The third-order valence-electron chi connectivity index (χ3n) is 1.43. The highest BCUT2D eigenvalue weighted by atomic mass is 16.4. The van der Waals surface area contributed by atoms with Crippen molar-refractivity contribution in [3.8, 4) is 0 Å². The highest BCUT2D eigenvalue weighted by Crippen LogP contribution is 2.02. The average Bonchev–Trinajstić information content (AvgIpc) is 2.05. The Labute approximate surface area is 69.6 Å². The molecule has 1 radical (unpaired) electrons. The van der Waals surface area contributed by atoms with Gasteiger partial charge in [0.2, 0.25) is 6.29 Å². The highest BCUT2D eigenvalue weighted by Gasteiger charge is 1.99. The Morgan fingerprint density at radius 3 is 2.33 bits per heavy atom. The van der Waals surface area contributed by atoms with Gasteiger partial charge in [0.25, 0.3) is 0 Å². The number of rotatable bonds is 3. The number of hydrogen-bond acceptors (Lipinski definition) is 2. The van der Waals surface area contributed by atoms with Crippen molar-refractivity contribution < 1.29 is 14.7 Å². The summed E-state index contributed by atoms with van der Waals surface area (Å²) in [5.74, 6) is -0.877. The van der Waals surface area contributed by atoms with Crippen LogP contribution in [0.15, 0.2) is 24.3 Å². The van der Waals surface area contributed by atoms with Crippen molar-refractivity contribution in [3.63, 3.8) is 0 Å². The molecule has 0 saturated carbocycles. The molecular weight excluding hydrogens is 156 g/mol. The summed E-state index contributed by atoms with van der Waals surface area (Å²) in [6.45, 7) is 0. The maximum absolute atomic E-state index is 10.2. The summed E-state index contributed by atoms with van der Waals surface area (Å²) in [6, 6.07) is 6.30. The van der Waals surface area contributed by atoms with Crippen molar-refractivity contribution >= 4 is 12.3 Å². The van der Waals surface area contributed by atoms with Crippen LogP contribution in [0.3, 0.4) is 0 Å². The minimum absolute atomic E-state index is 0.0147. The number of carbonyl (C=O) groups is 1. The van der Waals surface area contributed by atoms with Crippen molar-refractivity contribution in [2.75, 3.05) is 0 Å². The van der Waals surface area contributed by atoms with Crippen molar-refractivity contribution in [1.82, 2.24) is 0 Å². The van der Waals surface area contributed by atoms with E-state index in [-0.39, 0.29) is 6.42 Å². The summed E-state index contributed by atoms with van der Waals surface area (Å²) in [4.78, 5) is 20.3. The van der Waals surface area contributed by atoms with Gasteiger partial charge in [0.15, 0.2) is 0 Å². The van der Waals surface area contributed by atoms with Gasteiger partial charge in [0.05, 0.1) is 6.42 Å². The lowest BCUT2D eigenvalue weighted by atomic mass is 10.1. The predicted octanol–water partition coefficient (Wildman–Crippen LogP) is 0.772. The molecule has 1 aromatic rings. The van der Waals surface area contributed by atoms with Gasteiger partial charge >= 0.3 is 5.97 Å². The first-order valence-electron chi connectivity index (χ1n) is 3.41. The molecule has 1 N–H and O–H groups in total. The lowest BCUT2D eigenvalue weighted by Gasteiger charge is -1.95. The van der Waals surface area contributed by atoms with Crippen LogP contribution in [-0.4, -0.2) is 17.4 Å². The summed E-state index contributed by atoms with van der Waals surface area (Å²) in [5.41, 5.74) is 1.12. The van der Waals surface area contributed by atoms with Gasteiger partial charge < -0.3 is 5.11 Å². The first-order chi connectivity index (χ1) is 5.72. The predicted molar refractivity (Wildman–Crippen MR) is 42.6 cm³/mol. The zero-order valence-corrected chi connectivity index (χ0v) is 6.28. The van der Waals surface area contributed by atoms with E-state index in [1.54, 1.807) is 30.6 Å². The Bertz CT molecular complexity index is 287. The maximum Gasteiger partial charge on any atom is 0.307 e. The molecule has 3 nitrogen and oxygen atoms in total. The van der Waals surface area contributed by atoms with E-state index in [1.807, 2.05) is 0 Å². The molecule has 3 heteroatoms. The number of benzene rings is 1. The fourth-order valence-electron chi connectivity index (χ4n) is 0.865. The number of carboxylic acids is 1. The zero-order valence-electron chi connectivity index (χ0n) is 6.28. The molecule has 0 atom stereocenters. The van der Waals surface area contributed by atoms with Crippen LogP contribution in [0.1, 0.15) is 11.1 Å². The van der Waals surface area contributed by atoms with Crippen molar-refractivity contribution in [1.29, 1.82) is 0 Å². The topological polar surface area (TPSA) is 54.4 Å². The van der Waals surface area contributed by atoms with Gasteiger partial charge in [0, 0.05) is 5.56 Å². The van der Waals surface area contributed by atoms with Crippen molar-refractivity contribution in [3.05, 3.63) is 35.4 Å². The van der Waals surface area contributed by atoms with E-state index in [0.29, 0.717) is 11.1 Å². The Hall–Kier alpha value is -1.64. The van der Waals surface area contributed by atoms with Crippen LogP contribution in [-0.2, 0) is 16.0 Å². The summed E-state index contributed by atoms with van der Waals surface area (Å²) < 4.78 is 0. The molecule has 0 unspecified atom stereocenters. The van der Waals surface area contributed by atoms with Crippen LogP contribution < -0.4 is 0 Å². The molecule has 0 aliphatic carbocycles. The molecule has 0 saturated heterocycles. The molecule has 1 rings (SSSR count). The molecule has 0 fully saturated rings. The molecule has 0 bridgehead atoms. The second-order valence-electron chi connectivity index (χ2n) is 2.37. The third kappa shape index (κ3) is 2.20. The summed E-state index contributed by atoms with van der Waals surface area (Å²) in [5, 5.41) is 8.42. The number of aliphatic carboxylic acids is 1. The van der Waals surface area contributed by atoms with E-state index < -0.39 is 5.97 Å². The van der Waals surface area contributed by atoms with E-state index in [2.05, 4.69) is 0 Å². The number of carbonyl (C=O) groups excluding carboxylic acids is 1. The molecule has 0 spiro atoms. The second kappa shape index (κ2) is 3.67. The smallest absolute Gasteiger partial charge is 0.307 e. The summed E-state index contributed by atoms with van der Waals surface area (Å²) in [6.07, 6.45) is 1.70. The molecule has 12 heavy (non-hydrogen) atoms. The van der Waals surface area contributed by atoms with Gasteiger partial charge in [0.1, 0.15) is 0 Å². The Morgan fingerprint density at radius 1 is 1.33 bits per heavy atom. The molecule has 0 heterocycles. The fourth-order valence-corrected chi connectivity index (χ4v) is 0.865. The number of hydrogen-bond donors (Lipinski definition) is 1. The second-order valence-corrected chi connectivity index (χ2v) is 2.37. The molecular formula is C9H7O3. The summed E-state index contributed by atoms with van der Waals surface area (Å²) in [7, 11) is 0. The lowest BCUT2D eigenvalue weighted by molar-refractivity contribution is -0.136. The monoisotopic (exact) mass is 163 g/mol. The van der Waals surface area contributed by atoms with E-state index in [1.165, 1.54) is 0 Å². The quantitative estimate of drug-likeness (QED) is 0.716. The van der Waals surface area contributed by atoms with E-state index in [0.717, 1.165) is 0 Å². The first-order valence-corrected chi connectivity index (χ1v) is 3.41. The van der Waals surface area contributed by atoms with Gasteiger partial charge in [-0.2, -0.15) is 0 Å². The van der Waals surface area contributed by atoms with Crippen LogP contribution in [0.25, 0.3) is 0 Å². The van der Waals surface area contributed by atoms with Crippen LogP contribution in [0.4, 0.5) is 0 Å². The van der Waals surface area contributed by atoms with Crippen LogP contribution in [0, 0.1) is 0 Å². The van der Waals surface area contributed by atoms with Gasteiger partial charge in [-0.3, -0.25) is 9.59 Å². The standard InChI is InChI=1S/C9H7O3/c10-6-8-3-1-7(2-4-8)5-9(11)12/h1-4H,5H2,(H,11,12). The molecule has 0 aliphatic heterocycles. The summed E-state index contributed by atoms with van der Waals surface area (Å²) >= 11 is 0. The van der Waals surface area contributed by atoms with Crippen LogP contribution in [0.2, 0.25) is 0 Å². The van der Waals surface area contributed by atoms with Gasteiger partial charge in [-0.1, -0.05) is 24.3 Å². The van der Waals surface area contributed by atoms with Gasteiger partial charge in [-0.05, 0) is 5.56 Å². The zero-order chi connectivity index (χ0) is 8.97. The van der Waals surface area contributed by atoms with Gasteiger partial charge in [-0.25, -0.2) is 0 Å². The Balaban J connectivity index is 2.77. The molecule has 0 aromatic heterocycles. The van der Waals surface area contributed by atoms with E-state index in [9.17, 15) is 9.59 Å². The van der Waals surface area contributed by atoms with Crippen molar-refractivity contribution in [2.45, 2.75) is 6.42 Å². The third-order valence-corrected chi connectivity index (χ3v) is 1.43. The maximum atomic E-state index is 10.2.